The molecule has 19 heavy (non-hydrogen) atoms. The molecule has 102 valence electrons. The minimum absolute atomic E-state index is 0.0198. The molecule has 0 N–H and O–H groups in total. The summed E-state index contributed by atoms with van der Waals surface area (Å²) in [6.07, 6.45) is 4.13. The summed E-state index contributed by atoms with van der Waals surface area (Å²) in [6, 6.07) is 3.76. The van der Waals surface area contributed by atoms with Gasteiger partial charge >= 0.3 is 0 Å². The largest absolute Gasteiger partial charge is 0.309 e. The van der Waals surface area contributed by atoms with E-state index in [0.717, 1.165) is 36.3 Å². The van der Waals surface area contributed by atoms with Crippen molar-refractivity contribution in [3.8, 4) is 0 Å². The lowest BCUT2D eigenvalue weighted by Gasteiger charge is -2.25. The lowest BCUT2D eigenvalue weighted by molar-refractivity contribution is 0.466. The summed E-state index contributed by atoms with van der Waals surface area (Å²) >= 11 is 0. The van der Waals surface area contributed by atoms with E-state index in [-0.39, 0.29) is 11.8 Å². The normalized spacial score (nSPS) is 22.7. The Morgan fingerprint density at radius 1 is 1.47 bits per heavy atom. The van der Waals surface area contributed by atoms with Crippen LogP contribution >= 0.6 is 0 Å². The van der Waals surface area contributed by atoms with Gasteiger partial charge in [0, 0.05) is 12.6 Å². The monoisotopic (exact) mass is 279 g/mol. The average Bonchev–Trinajstić information content (AvgIpc) is 2.75. The molecular formula is C13H17N3O2S. The number of pyridine rings is 1. The number of rotatable bonds is 2. The van der Waals surface area contributed by atoms with Crippen LogP contribution in [0.15, 0.2) is 18.3 Å². The summed E-state index contributed by atoms with van der Waals surface area (Å²) in [4.78, 5) is 8.94. The zero-order valence-electron chi connectivity index (χ0n) is 10.9. The highest BCUT2D eigenvalue weighted by atomic mass is 32.2. The van der Waals surface area contributed by atoms with Crippen molar-refractivity contribution in [3.63, 3.8) is 0 Å². The molecule has 0 spiro atoms. The molecule has 0 radical (unpaired) electrons. The van der Waals surface area contributed by atoms with Crippen molar-refractivity contribution in [2.24, 2.45) is 0 Å². The fourth-order valence-corrected chi connectivity index (χ4v) is 4.49. The van der Waals surface area contributed by atoms with E-state index in [1.807, 2.05) is 23.6 Å². The van der Waals surface area contributed by atoms with Gasteiger partial charge < -0.3 is 4.57 Å². The first-order valence-electron chi connectivity index (χ1n) is 6.63. The molecule has 1 aliphatic rings. The van der Waals surface area contributed by atoms with Crippen LogP contribution in [0.5, 0.6) is 0 Å². The van der Waals surface area contributed by atoms with Crippen molar-refractivity contribution in [1.29, 1.82) is 0 Å². The molecule has 1 unspecified atom stereocenters. The third kappa shape index (κ3) is 2.25. The van der Waals surface area contributed by atoms with Crippen LogP contribution in [0.3, 0.4) is 0 Å². The SMILES string of the molecule is CCc1nc2cccnc2n1C1CCCS(=O)(=O)C1. The molecule has 6 heteroatoms. The maximum Gasteiger partial charge on any atom is 0.160 e. The Labute approximate surface area is 112 Å². The first kappa shape index (κ1) is 12.6. The first-order chi connectivity index (χ1) is 9.11. The summed E-state index contributed by atoms with van der Waals surface area (Å²) < 4.78 is 25.7. The standard InChI is InChI=1S/C13H17N3O2S/c1-2-12-15-11-6-3-7-14-13(11)16(12)10-5-4-8-19(17,18)9-10/h3,6-7,10H,2,4-5,8-9H2,1H3. The second-order valence-corrected chi connectivity index (χ2v) is 7.24. The van der Waals surface area contributed by atoms with Crippen molar-refractivity contribution in [2.75, 3.05) is 11.5 Å². The second kappa shape index (κ2) is 4.59. The fraction of sp³-hybridized carbons (Fsp3) is 0.538. The summed E-state index contributed by atoms with van der Waals surface area (Å²) in [5.41, 5.74) is 1.66. The van der Waals surface area contributed by atoms with Gasteiger partial charge in [-0.3, -0.25) is 0 Å². The third-order valence-electron chi connectivity index (χ3n) is 3.64. The topological polar surface area (TPSA) is 64.8 Å². The number of aryl methyl sites for hydroxylation is 1. The van der Waals surface area contributed by atoms with Crippen LogP contribution < -0.4 is 0 Å². The van der Waals surface area contributed by atoms with E-state index in [9.17, 15) is 8.42 Å². The van der Waals surface area contributed by atoms with Crippen LogP contribution in [-0.4, -0.2) is 34.5 Å². The Morgan fingerprint density at radius 2 is 2.32 bits per heavy atom. The molecule has 2 aromatic heterocycles. The summed E-state index contributed by atoms with van der Waals surface area (Å²) in [5, 5.41) is 0. The van der Waals surface area contributed by atoms with Gasteiger partial charge in [-0.25, -0.2) is 18.4 Å². The molecule has 5 nitrogen and oxygen atoms in total. The Bertz CT molecular complexity index is 706. The Kier molecular flexibility index (Phi) is 3.05. The Morgan fingerprint density at radius 3 is 3.05 bits per heavy atom. The zero-order chi connectivity index (χ0) is 13.5. The minimum atomic E-state index is -2.93. The van der Waals surface area contributed by atoms with E-state index >= 15 is 0 Å². The number of hydrogen-bond donors (Lipinski definition) is 0. The van der Waals surface area contributed by atoms with Crippen LogP contribution in [0.2, 0.25) is 0 Å². The molecule has 1 aliphatic heterocycles. The number of hydrogen-bond acceptors (Lipinski definition) is 4. The van der Waals surface area contributed by atoms with E-state index in [0.29, 0.717) is 5.75 Å². The maximum absolute atomic E-state index is 11.8. The molecule has 0 amide bonds. The first-order valence-corrected chi connectivity index (χ1v) is 8.45. The van der Waals surface area contributed by atoms with Crippen LogP contribution in [0.25, 0.3) is 11.2 Å². The minimum Gasteiger partial charge on any atom is -0.309 e. The molecule has 2 aromatic rings. The predicted octanol–water partition coefficient (Wildman–Crippen LogP) is 1.74. The number of imidazole rings is 1. The molecule has 0 bridgehead atoms. The molecule has 0 saturated carbocycles. The van der Waals surface area contributed by atoms with E-state index in [1.54, 1.807) is 6.20 Å². The number of fused-ring (bicyclic) bond motifs is 1. The fourth-order valence-electron chi connectivity index (χ4n) is 2.81. The highest BCUT2D eigenvalue weighted by Gasteiger charge is 2.28. The summed E-state index contributed by atoms with van der Waals surface area (Å²) in [5.74, 6) is 1.45. The van der Waals surface area contributed by atoms with Crippen LogP contribution in [-0.2, 0) is 16.3 Å². The van der Waals surface area contributed by atoms with Gasteiger partial charge in [0.05, 0.1) is 17.5 Å². The number of aromatic nitrogens is 3. The Balaban J connectivity index is 2.13. The molecule has 3 heterocycles. The maximum atomic E-state index is 11.8. The second-order valence-electron chi connectivity index (χ2n) is 5.01. The van der Waals surface area contributed by atoms with E-state index < -0.39 is 9.84 Å². The van der Waals surface area contributed by atoms with Crippen molar-refractivity contribution < 1.29 is 8.42 Å². The summed E-state index contributed by atoms with van der Waals surface area (Å²) in [7, 11) is -2.93. The van der Waals surface area contributed by atoms with Gasteiger partial charge in [0.2, 0.25) is 0 Å². The molecular weight excluding hydrogens is 262 g/mol. The molecule has 1 saturated heterocycles. The van der Waals surface area contributed by atoms with Crippen molar-refractivity contribution in [3.05, 3.63) is 24.2 Å². The summed E-state index contributed by atoms with van der Waals surface area (Å²) in [6.45, 7) is 2.04. The lowest BCUT2D eigenvalue weighted by Crippen LogP contribution is -2.28. The van der Waals surface area contributed by atoms with E-state index in [2.05, 4.69) is 9.97 Å². The molecule has 1 atom stereocenters. The van der Waals surface area contributed by atoms with Crippen molar-refractivity contribution in [1.82, 2.24) is 14.5 Å². The van der Waals surface area contributed by atoms with Crippen LogP contribution in [0.1, 0.15) is 31.6 Å². The van der Waals surface area contributed by atoms with Gasteiger partial charge in [0.15, 0.2) is 15.5 Å². The molecule has 3 rings (SSSR count). The van der Waals surface area contributed by atoms with E-state index in [1.165, 1.54) is 0 Å². The number of nitrogens with zero attached hydrogens (tertiary/aromatic N) is 3. The predicted molar refractivity (Wildman–Crippen MR) is 73.8 cm³/mol. The molecule has 0 aromatic carbocycles. The van der Waals surface area contributed by atoms with Crippen molar-refractivity contribution >= 4 is 21.0 Å². The van der Waals surface area contributed by atoms with Gasteiger partial charge in [0.1, 0.15) is 11.3 Å². The average molecular weight is 279 g/mol. The quantitative estimate of drug-likeness (QED) is 0.840. The van der Waals surface area contributed by atoms with Crippen molar-refractivity contribution in [2.45, 2.75) is 32.2 Å². The van der Waals surface area contributed by atoms with Gasteiger partial charge in [-0.1, -0.05) is 6.92 Å². The highest BCUT2D eigenvalue weighted by molar-refractivity contribution is 7.91. The highest BCUT2D eigenvalue weighted by Crippen LogP contribution is 2.28. The lowest BCUT2D eigenvalue weighted by atomic mass is 10.2. The van der Waals surface area contributed by atoms with Gasteiger partial charge in [-0.05, 0) is 25.0 Å². The van der Waals surface area contributed by atoms with Gasteiger partial charge in [-0.15, -0.1) is 0 Å². The van der Waals surface area contributed by atoms with E-state index in [4.69, 9.17) is 0 Å². The zero-order valence-corrected chi connectivity index (χ0v) is 11.7. The third-order valence-corrected chi connectivity index (χ3v) is 5.45. The molecule has 0 aliphatic carbocycles. The van der Waals surface area contributed by atoms with Gasteiger partial charge in [0.25, 0.3) is 0 Å². The smallest absolute Gasteiger partial charge is 0.160 e. The van der Waals surface area contributed by atoms with Gasteiger partial charge in [-0.2, -0.15) is 0 Å². The van der Waals surface area contributed by atoms with Crippen LogP contribution in [0, 0.1) is 0 Å². The Hall–Kier alpha value is -1.43. The number of sulfone groups is 1. The van der Waals surface area contributed by atoms with Crippen LogP contribution in [0.4, 0.5) is 0 Å². The molecule has 1 fully saturated rings.